The van der Waals surface area contributed by atoms with Crippen LogP contribution in [-0.2, 0) is 0 Å². The second-order valence-corrected chi connectivity index (χ2v) is 3.37. The van der Waals surface area contributed by atoms with Crippen molar-refractivity contribution in [1.82, 2.24) is 0 Å². The van der Waals surface area contributed by atoms with Crippen LogP contribution in [-0.4, -0.2) is 37.6 Å². The molecule has 0 saturated heterocycles. The molecule has 0 aromatic rings. The molecule has 0 heterocycles. The molecule has 0 aromatic carbocycles. The zero-order valence-electron chi connectivity index (χ0n) is 7.02. The molecule has 0 rings (SSSR count). The lowest BCUT2D eigenvalue weighted by Gasteiger charge is -2.23. The van der Waals surface area contributed by atoms with Crippen molar-refractivity contribution >= 4 is 0 Å². The quantitative estimate of drug-likeness (QED) is 0.534. The predicted octanol–water partition coefficient (Wildman–Crippen LogP) is 1.32. The van der Waals surface area contributed by atoms with Crippen LogP contribution in [0.15, 0.2) is 0 Å². The Hall–Kier alpha value is -0.0800. The third kappa shape index (κ3) is 11.5. The molecule has 58 valence electrons. The standard InChI is InChI=1S/C7H18N.H2O/c1-5-6-7-8(2,3)4;/h5-7H2,1-4H3;1H2/q+1;/p-1. The fourth-order valence-electron chi connectivity index (χ4n) is 0.632. The van der Waals surface area contributed by atoms with E-state index in [1.807, 2.05) is 0 Å². The van der Waals surface area contributed by atoms with E-state index in [4.69, 9.17) is 0 Å². The first-order valence-corrected chi connectivity index (χ1v) is 3.36. The summed E-state index contributed by atoms with van der Waals surface area (Å²) in [6, 6.07) is 0. The summed E-state index contributed by atoms with van der Waals surface area (Å²) in [4.78, 5) is 0. The SMILES string of the molecule is CCCC[N+](C)(C)C.[OH-]. The van der Waals surface area contributed by atoms with Gasteiger partial charge in [-0.1, -0.05) is 13.3 Å². The van der Waals surface area contributed by atoms with Gasteiger partial charge in [0, 0.05) is 0 Å². The van der Waals surface area contributed by atoms with Crippen molar-refractivity contribution in [1.29, 1.82) is 0 Å². The van der Waals surface area contributed by atoms with Crippen LogP contribution in [0.2, 0.25) is 0 Å². The summed E-state index contributed by atoms with van der Waals surface area (Å²) in [5, 5.41) is 0. The molecule has 2 nitrogen and oxygen atoms in total. The third-order valence-corrected chi connectivity index (χ3v) is 1.18. The van der Waals surface area contributed by atoms with Gasteiger partial charge in [0.25, 0.3) is 0 Å². The molecule has 0 aliphatic heterocycles. The van der Waals surface area contributed by atoms with Crippen LogP contribution in [0.4, 0.5) is 0 Å². The van der Waals surface area contributed by atoms with Crippen LogP contribution >= 0.6 is 0 Å². The molecule has 0 unspecified atom stereocenters. The van der Waals surface area contributed by atoms with Crippen LogP contribution in [0.25, 0.3) is 0 Å². The third-order valence-electron chi connectivity index (χ3n) is 1.18. The van der Waals surface area contributed by atoms with Gasteiger partial charge in [-0.2, -0.15) is 0 Å². The van der Waals surface area contributed by atoms with Gasteiger partial charge in [0.15, 0.2) is 0 Å². The van der Waals surface area contributed by atoms with E-state index in [1.54, 1.807) is 0 Å². The van der Waals surface area contributed by atoms with Crippen molar-refractivity contribution in [2.45, 2.75) is 19.8 Å². The topological polar surface area (TPSA) is 30.0 Å². The Bertz CT molecular complexity index is 56.4. The molecular weight excluding hydrogens is 114 g/mol. The molecular formula is C7H19NO. The highest BCUT2D eigenvalue weighted by Gasteiger charge is 2.02. The Morgan fingerprint density at radius 3 is 1.67 bits per heavy atom. The van der Waals surface area contributed by atoms with E-state index in [-0.39, 0.29) is 5.48 Å². The first-order valence-electron chi connectivity index (χ1n) is 3.36. The van der Waals surface area contributed by atoms with Gasteiger partial charge < -0.3 is 9.96 Å². The molecule has 0 atom stereocenters. The summed E-state index contributed by atoms with van der Waals surface area (Å²) in [5.41, 5.74) is 0. The summed E-state index contributed by atoms with van der Waals surface area (Å²) in [6.45, 7) is 3.53. The minimum absolute atomic E-state index is 0. The Morgan fingerprint density at radius 2 is 1.56 bits per heavy atom. The van der Waals surface area contributed by atoms with E-state index in [2.05, 4.69) is 28.1 Å². The van der Waals surface area contributed by atoms with E-state index in [9.17, 15) is 0 Å². The van der Waals surface area contributed by atoms with Crippen molar-refractivity contribution in [2.75, 3.05) is 27.7 Å². The monoisotopic (exact) mass is 133 g/mol. The minimum Gasteiger partial charge on any atom is -0.870 e. The highest BCUT2D eigenvalue weighted by atomic mass is 16.0. The van der Waals surface area contributed by atoms with Crippen LogP contribution in [0.5, 0.6) is 0 Å². The predicted molar refractivity (Wildman–Crippen MR) is 39.7 cm³/mol. The normalized spacial score (nSPS) is 10.7. The van der Waals surface area contributed by atoms with Crippen molar-refractivity contribution in [3.05, 3.63) is 0 Å². The lowest BCUT2D eigenvalue weighted by Crippen LogP contribution is -2.35. The summed E-state index contributed by atoms with van der Waals surface area (Å²) in [5.74, 6) is 0. The van der Waals surface area contributed by atoms with Gasteiger partial charge in [0.2, 0.25) is 0 Å². The number of quaternary nitrogens is 1. The van der Waals surface area contributed by atoms with Crippen LogP contribution in [0, 0.1) is 0 Å². The van der Waals surface area contributed by atoms with Crippen LogP contribution in [0.3, 0.4) is 0 Å². The Kier molecular flexibility index (Phi) is 6.19. The molecule has 0 radical (unpaired) electrons. The molecule has 0 amide bonds. The highest BCUT2D eigenvalue weighted by molar-refractivity contribution is 4.29. The minimum atomic E-state index is 0. The summed E-state index contributed by atoms with van der Waals surface area (Å²) in [7, 11) is 6.70. The van der Waals surface area contributed by atoms with Gasteiger partial charge in [-0.05, 0) is 6.42 Å². The van der Waals surface area contributed by atoms with Crippen LogP contribution in [0.1, 0.15) is 19.8 Å². The van der Waals surface area contributed by atoms with Gasteiger partial charge in [0.05, 0.1) is 27.7 Å². The smallest absolute Gasteiger partial charge is 0.0780 e. The first-order chi connectivity index (χ1) is 3.56. The molecule has 2 heteroatoms. The highest BCUT2D eigenvalue weighted by Crippen LogP contribution is 1.94. The van der Waals surface area contributed by atoms with Gasteiger partial charge in [-0.25, -0.2) is 0 Å². The molecule has 0 spiro atoms. The largest absolute Gasteiger partial charge is 0.870 e. The molecule has 1 N–H and O–H groups in total. The summed E-state index contributed by atoms with van der Waals surface area (Å²) < 4.78 is 1.10. The average Bonchev–Trinajstić information content (AvgIpc) is 1.59. The second-order valence-electron chi connectivity index (χ2n) is 3.37. The van der Waals surface area contributed by atoms with Gasteiger partial charge in [-0.15, -0.1) is 0 Å². The lowest BCUT2D eigenvalue weighted by molar-refractivity contribution is -0.870. The number of rotatable bonds is 3. The van der Waals surface area contributed by atoms with Gasteiger partial charge in [-0.3, -0.25) is 0 Å². The fourth-order valence-corrected chi connectivity index (χ4v) is 0.632. The molecule has 0 aliphatic rings. The lowest BCUT2D eigenvalue weighted by atomic mass is 10.3. The molecule has 0 saturated carbocycles. The van der Waals surface area contributed by atoms with Crippen molar-refractivity contribution in [3.8, 4) is 0 Å². The molecule has 9 heavy (non-hydrogen) atoms. The fraction of sp³-hybridized carbons (Fsp3) is 1.00. The van der Waals surface area contributed by atoms with Crippen molar-refractivity contribution in [2.24, 2.45) is 0 Å². The average molecular weight is 133 g/mol. The number of unbranched alkanes of at least 4 members (excludes halogenated alkanes) is 1. The molecule has 0 bridgehead atoms. The van der Waals surface area contributed by atoms with Crippen molar-refractivity contribution in [3.63, 3.8) is 0 Å². The van der Waals surface area contributed by atoms with E-state index < -0.39 is 0 Å². The number of hydrogen-bond donors (Lipinski definition) is 0. The summed E-state index contributed by atoms with van der Waals surface area (Å²) in [6.07, 6.45) is 2.67. The second kappa shape index (κ2) is 4.77. The number of nitrogens with zero attached hydrogens (tertiary/aromatic N) is 1. The van der Waals surface area contributed by atoms with Gasteiger partial charge in [0.1, 0.15) is 0 Å². The maximum atomic E-state index is 2.23. The zero-order valence-corrected chi connectivity index (χ0v) is 7.02. The maximum Gasteiger partial charge on any atom is 0.0780 e. The van der Waals surface area contributed by atoms with E-state index in [0.717, 1.165) is 4.48 Å². The Balaban J connectivity index is 0. The molecule has 0 fully saturated rings. The first kappa shape index (κ1) is 11.7. The van der Waals surface area contributed by atoms with E-state index in [1.165, 1.54) is 19.4 Å². The molecule has 0 aromatic heterocycles. The zero-order chi connectivity index (χ0) is 6.62. The van der Waals surface area contributed by atoms with E-state index >= 15 is 0 Å². The van der Waals surface area contributed by atoms with Crippen molar-refractivity contribution < 1.29 is 9.96 Å². The van der Waals surface area contributed by atoms with E-state index in [0.29, 0.717) is 0 Å². The Morgan fingerprint density at radius 1 is 1.11 bits per heavy atom. The summed E-state index contributed by atoms with van der Waals surface area (Å²) >= 11 is 0. The Labute approximate surface area is 58.4 Å². The maximum absolute atomic E-state index is 2.23. The molecule has 0 aliphatic carbocycles. The number of hydrogen-bond acceptors (Lipinski definition) is 1. The van der Waals surface area contributed by atoms with Crippen LogP contribution < -0.4 is 0 Å². The van der Waals surface area contributed by atoms with Gasteiger partial charge >= 0.3 is 0 Å².